The lowest BCUT2D eigenvalue weighted by molar-refractivity contribution is -0.115. The molecular formula is C21H29N3O4S. The zero-order valence-electron chi connectivity index (χ0n) is 17.5. The summed E-state index contributed by atoms with van der Waals surface area (Å²) >= 11 is 0. The van der Waals surface area contributed by atoms with Gasteiger partial charge in [-0.15, -0.1) is 0 Å². The molecule has 7 nitrogen and oxygen atoms in total. The minimum atomic E-state index is -3.71. The van der Waals surface area contributed by atoms with Crippen LogP contribution in [0.15, 0.2) is 53.4 Å². The molecule has 0 aliphatic rings. The molecule has 2 N–H and O–H groups in total. The Labute approximate surface area is 173 Å². The van der Waals surface area contributed by atoms with Crippen molar-refractivity contribution in [3.8, 4) is 5.75 Å². The maximum atomic E-state index is 12.5. The number of carbonyl (C=O) groups is 1. The van der Waals surface area contributed by atoms with Crippen LogP contribution < -0.4 is 15.4 Å². The maximum absolute atomic E-state index is 12.5. The molecule has 1 atom stereocenters. The lowest BCUT2D eigenvalue weighted by Gasteiger charge is -2.23. The average molecular weight is 420 g/mol. The Kier molecular flexibility index (Phi) is 7.78. The highest BCUT2D eigenvalue weighted by atomic mass is 32.2. The first-order chi connectivity index (χ1) is 13.7. The fourth-order valence-electron chi connectivity index (χ4n) is 2.96. The first-order valence-corrected chi connectivity index (χ1v) is 10.8. The predicted octanol–water partition coefficient (Wildman–Crippen LogP) is 2.87. The monoisotopic (exact) mass is 419 g/mol. The van der Waals surface area contributed by atoms with E-state index in [0.717, 1.165) is 9.87 Å². The van der Waals surface area contributed by atoms with Gasteiger partial charge in [0.15, 0.2) is 0 Å². The summed E-state index contributed by atoms with van der Waals surface area (Å²) in [7, 11) is 0.583. The minimum Gasteiger partial charge on any atom is -0.495 e. The molecule has 0 spiro atoms. The minimum absolute atomic E-state index is 0.0000942. The van der Waals surface area contributed by atoms with Crippen LogP contribution in [0.4, 0.5) is 5.69 Å². The van der Waals surface area contributed by atoms with Gasteiger partial charge in [-0.3, -0.25) is 4.79 Å². The number of hydrogen-bond acceptors (Lipinski definition) is 5. The molecule has 0 radical (unpaired) electrons. The number of amides is 1. The van der Waals surface area contributed by atoms with E-state index in [9.17, 15) is 13.2 Å². The SMILES string of the molecule is COc1ccc(NC(=O)CN[C@@H](c2ccccc2)C(C)C)cc1S(=O)(=O)N(C)C. The molecule has 0 aliphatic heterocycles. The Hall–Kier alpha value is -2.42. The molecule has 0 unspecified atom stereocenters. The number of carbonyl (C=O) groups excluding carboxylic acids is 1. The molecule has 0 aromatic heterocycles. The molecule has 0 aliphatic carbocycles. The van der Waals surface area contributed by atoms with Crippen LogP contribution in [0.3, 0.4) is 0 Å². The Bertz CT molecular complexity index is 928. The van der Waals surface area contributed by atoms with Crippen molar-refractivity contribution in [2.24, 2.45) is 5.92 Å². The number of anilines is 1. The topological polar surface area (TPSA) is 87.7 Å². The van der Waals surface area contributed by atoms with Gasteiger partial charge in [-0.2, -0.15) is 0 Å². The van der Waals surface area contributed by atoms with E-state index in [2.05, 4.69) is 24.5 Å². The summed E-state index contributed by atoms with van der Waals surface area (Å²) in [4.78, 5) is 12.5. The highest BCUT2D eigenvalue weighted by Gasteiger charge is 2.23. The number of benzene rings is 2. The molecule has 1 amide bonds. The number of hydrogen-bond donors (Lipinski definition) is 2. The van der Waals surface area contributed by atoms with Gasteiger partial charge < -0.3 is 15.4 Å². The van der Waals surface area contributed by atoms with Crippen LogP contribution in [0.25, 0.3) is 0 Å². The van der Waals surface area contributed by atoms with Gasteiger partial charge in [-0.25, -0.2) is 12.7 Å². The Morgan fingerprint density at radius 3 is 2.31 bits per heavy atom. The summed E-state index contributed by atoms with van der Waals surface area (Å²) < 4.78 is 31.3. The summed E-state index contributed by atoms with van der Waals surface area (Å²) in [5, 5.41) is 6.03. The predicted molar refractivity (Wildman–Crippen MR) is 115 cm³/mol. The van der Waals surface area contributed by atoms with E-state index in [0.29, 0.717) is 11.6 Å². The molecule has 2 aromatic carbocycles. The molecular weight excluding hydrogens is 390 g/mol. The first kappa shape index (κ1) is 22.9. The molecule has 0 heterocycles. The smallest absolute Gasteiger partial charge is 0.246 e. The molecule has 0 fully saturated rings. The summed E-state index contributed by atoms with van der Waals surface area (Å²) in [5.74, 6) is 0.256. The average Bonchev–Trinajstić information content (AvgIpc) is 2.68. The van der Waals surface area contributed by atoms with Crippen LogP contribution in [0.2, 0.25) is 0 Å². The molecule has 0 saturated heterocycles. The molecule has 29 heavy (non-hydrogen) atoms. The Morgan fingerprint density at radius 1 is 1.10 bits per heavy atom. The van der Waals surface area contributed by atoms with Crippen LogP contribution in [-0.4, -0.2) is 46.4 Å². The van der Waals surface area contributed by atoms with E-state index in [1.54, 1.807) is 6.07 Å². The van der Waals surface area contributed by atoms with E-state index in [4.69, 9.17) is 4.74 Å². The van der Waals surface area contributed by atoms with Crippen LogP contribution in [-0.2, 0) is 14.8 Å². The highest BCUT2D eigenvalue weighted by molar-refractivity contribution is 7.89. The fraction of sp³-hybridized carbons (Fsp3) is 0.381. The molecule has 2 aromatic rings. The number of rotatable bonds is 9. The summed E-state index contributed by atoms with van der Waals surface area (Å²) in [6.45, 7) is 4.27. The van der Waals surface area contributed by atoms with Gasteiger partial charge in [0, 0.05) is 25.8 Å². The zero-order chi connectivity index (χ0) is 21.6. The largest absolute Gasteiger partial charge is 0.495 e. The van der Waals surface area contributed by atoms with Gasteiger partial charge in [0.25, 0.3) is 0 Å². The molecule has 8 heteroatoms. The van der Waals surface area contributed by atoms with Crippen molar-refractivity contribution in [3.05, 3.63) is 54.1 Å². The lowest BCUT2D eigenvalue weighted by Crippen LogP contribution is -2.33. The highest BCUT2D eigenvalue weighted by Crippen LogP contribution is 2.29. The van der Waals surface area contributed by atoms with Gasteiger partial charge >= 0.3 is 0 Å². The second-order valence-corrected chi connectivity index (χ2v) is 9.33. The van der Waals surface area contributed by atoms with E-state index in [1.165, 1.54) is 33.3 Å². The van der Waals surface area contributed by atoms with Crippen molar-refractivity contribution in [1.29, 1.82) is 0 Å². The normalized spacial score (nSPS) is 12.8. The van der Waals surface area contributed by atoms with Gasteiger partial charge in [-0.05, 0) is 29.7 Å². The van der Waals surface area contributed by atoms with Gasteiger partial charge in [0.1, 0.15) is 10.6 Å². The van der Waals surface area contributed by atoms with Crippen molar-refractivity contribution in [1.82, 2.24) is 9.62 Å². The van der Waals surface area contributed by atoms with Crippen molar-refractivity contribution in [3.63, 3.8) is 0 Å². The molecule has 0 bridgehead atoms. The third kappa shape index (κ3) is 5.79. The number of nitrogens with one attached hydrogen (secondary N) is 2. The summed E-state index contributed by atoms with van der Waals surface area (Å²) in [5.41, 5.74) is 1.50. The third-order valence-electron chi connectivity index (χ3n) is 4.51. The van der Waals surface area contributed by atoms with Crippen molar-refractivity contribution in [2.45, 2.75) is 24.8 Å². The quantitative estimate of drug-likeness (QED) is 0.653. The third-order valence-corrected chi connectivity index (χ3v) is 6.35. The summed E-state index contributed by atoms with van der Waals surface area (Å²) in [6.07, 6.45) is 0. The first-order valence-electron chi connectivity index (χ1n) is 9.35. The number of ether oxygens (including phenoxy) is 1. The second-order valence-electron chi connectivity index (χ2n) is 7.21. The van der Waals surface area contributed by atoms with E-state index >= 15 is 0 Å². The Balaban J connectivity index is 2.12. The zero-order valence-corrected chi connectivity index (χ0v) is 18.3. The van der Waals surface area contributed by atoms with Gasteiger partial charge in [0.05, 0.1) is 13.7 Å². The summed E-state index contributed by atoms with van der Waals surface area (Å²) in [6, 6.07) is 14.5. The standard InChI is InChI=1S/C21H29N3O4S/c1-15(2)21(16-9-7-6-8-10-16)22-14-20(25)23-17-11-12-18(28-5)19(13-17)29(26,27)24(3)4/h6-13,15,21-22H,14H2,1-5H3,(H,23,25)/t21-/m1/s1. The Morgan fingerprint density at radius 2 is 1.76 bits per heavy atom. The van der Waals surface area contributed by atoms with Crippen molar-refractivity contribution >= 4 is 21.6 Å². The molecule has 0 saturated carbocycles. The van der Waals surface area contributed by atoms with Crippen LogP contribution >= 0.6 is 0 Å². The van der Waals surface area contributed by atoms with Crippen molar-refractivity contribution < 1.29 is 17.9 Å². The number of sulfonamides is 1. The van der Waals surface area contributed by atoms with Gasteiger partial charge in [-0.1, -0.05) is 44.2 Å². The van der Waals surface area contributed by atoms with E-state index in [-0.39, 0.29) is 29.1 Å². The van der Waals surface area contributed by atoms with E-state index < -0.39 is 10.0 Å². The van der Waals surface area contributed by atoms with Crippen molar-refractivity contribution in [2.75, 3.05) is 33.1 Å². The van der Waals surface area contributed by atoms with Gasteiger partial charge in [0.2, 0.25) is 15.9 Å². The molecule has 2 rings (SSSR count). The number of nitrogens with zero attached hydrogens (tertiary/aromatic N) is 1. The van der Waals surface area contributed by atoms with Crippen LogP contribution in [0.1, 0.15) is 25.5 Å². The fourth-order valence-corrected chi connectivity index (χ4v) is 4.03. The van der Waals surface area contributed by atoms with Crippen LogP contribution in [0, 0.1) is 5.92 Å². The van der Waals surface area contributed by atoms with Crippen LogP contribution in [0.5, 0.6) is 5.75 Å². The number of methoxy groups -OCH3 is 1. The second kappa shape index (κ2) is 9.87. The molecule has 158 valence electrons. The lowest BCUT2D eigenvalue weighted by atomic mass is 9.96. The maximum Gasteiger partial charge on any atom is 0.246 e. The van der Waals surface area contributed by atoms with E-state index in [1.807, 2.05) is 30.3 Å².